The topological polar surface area (TPSA) is 71.5 Å². The van der Waals surface area contributed by atoms with Crippen molar-refractivity contribution in [3.8, 4) is 5.75 Å². The molecule has 0 unspecified atom stereocenters. The number of nitrogens with one attached hydrogen (secondary N) is 1. The second-order valence-electron chi connectivity index (χ2n) is 6.89. The van der Waals surface area contributed by atoms with Crippen molar-refractivity contribution in [1.29, 1.82) is 0 Å². The van der Waals surface area contributed by atoms with E-state index in [9.17, 15) is 9.59 Å². The van der Waals surface area contributed by atoms with E-state index in [4.69, 9.17) is 16.3 Å². The molecule has 0 bridgehead atoms. The largest absolute Gasteiger partial charge is 0.486 e. The van der Waals surface area contributed by atoms with Crippen LogP contribution in [0, 0.1) is 0 Å². The van der Waals surface area contributed by atoms with Crippen molar-refractivity contribution in [2.45, 2.75) is 33.4 Å². The molecular weight excluding hydrogens is 434 g/mol. The zero-order chi connectivity index (χ0) is 22.2. The van der Waals surface area contributed by atoms with Crippen LogP contribution in [0.1, 0.15) is 30.1 Å². The molecule has 0 fully saturated rings. The molecule has 1 heterocycles. The molecule has 3 rings (SSSR count). The van der Waals surface area contributed by atoms with Gasteiger partial charge in [0.05, 0.1) is 12.1 Å². The number of nitrogens with zero attached hydrogens (tertiary/aromatic N) is 2. The summed E-state index contributed by atoms with van der Waals surface area (Å²) in [5.74, 6) is 0.551. The third-order valence-electron chi connectivity index (χ3n) is 4.60. The molecule has 1 N–H and O–H groups in total. The van der Waals surface area contributed by atoms with Gasteiger partial charge in [0.2, 0.25) is 11.8 Å². The lowest BCUT2D eigenvalue weighted by molar-refractivity contribution is -0.129. The van der Waals surface area contributed by atoms with Crippen molar-refractivity contribution in [3.63, 3.8) is 0 Å². The number of para-hydroxylation sites is 1. The van der Waals surface area contributed by atoms with Crippen LogP contribution in [0.25, 0.3) is 0 Å². The first kappa shape index (κ1) is 22.8. The first-order valence-corrected chi connectivity index (χ1v) is 11.1. The van der Waals surface area contributed by atoms with E-state index in [2.05, 4.69) is 10.3 Å². The Morgan fingerprint density at radius 1 is 1.16 bits per heavy atom. The second-order valence-corrected chi connectivity index (χ2v) is 8.27. The molecule has 2 amide bonds. The minimum absolute atomic E-state index is 0.000508. The molecule has 6 nitrogen and oxygen atoms in total. The van der Waals surface area contributed by atoms with E-state index in [1.54, 1.807) is 36.1 Å². The average Bonchev–Trinajstić information content (AvgIpc) is 3.19. The number of hydrogen-bond donors (Lipinski definition) is 1. The van der Waals surface area contributed by atoms with Crippen molar-refractivity contribution >= 4 is 40.4 Å². The molecule has 0 spiro atoms. The van der Waals surface area contributed by atoms with E-state index in [0.717, 1.165) is 10.6 Å². The molecule has 0 saturated heterocycles. The van der Waals surface area contributed by atoms with Crippen LogP contribution in [0.15, 0.2) is 53.9 Å². The highest BCUT2D eigenvalue weighted by atomic mass is 35.5. The predicted octanol–water partition coefficient (Wildman–Crippen LogP) is 4.93. The van der Waals surface area contributed by atoms with Crippen LogP contribution in [0.4, 0.5) is 5.69 Å². The standard InChI is InChI=1S/C23H24ClN3O3S/c1-3-27(16(2)28)13-17-6-4-5-7-21(17)26-22(29)12-19-15-31-23(25-19)14-30-20-10-8-18(24)9-11-20/h4-11,15H,3,12-14H2,1-2H3,(H,26,29). The van der Waals surface area contributed by atoms with Crippen LogP contribution < -0.4 is 10.1 Å². The highest BCUT2D eigenvalue weighted by Gasteiger charge is 2.13. The van der Waals surface area contributed by atoms with Crippen molar-refractivity contribution in [2.75, 3.05) is 11.9 Å². The molecule has 3 aromatic rings. The SMILES string of the molecule is CCN(Cc1ccccc1NC(=O)Cc1csc(COc2ccc(Cl)cc2)n1)C(C)=O. The Kier molecular flexibility index (Phi) is 8.03. The van der Waals surface area contributed by atoms with Crippen molar-refractivity contribution in [1.82, 2.24) is 9.88 Å². The second kappa shape index (κ2) is 10.9. The summed E-state index contributed by atoms with van der Waals surface area (Å²) in [6.45, 7) is 4.86. The zero-order valence-electron chi connectivity index (χ0n) is 17.4. The highest BCUT2D eigenvalue weighted by molar-refractivity contribution is 7.09. The highest BCUT2D eigenvalue weighted by Crippen LogP contribution is 2.20. The molecule has 0 aliphatic rings. The fraction of sp³-hybridized carbons (Fsp3) is 0.261. The lowest BCUT2D eigenvalue weighted by Crippen LogP contribution is -2.28. The van der Waals surface area contributed by atoms with Gasteiger partial charge in [-0.3, -0.25) is 9.59 Å². The number of rotatable bonds is 9. The summed E-state index contributed by atoms with van der Waals surface area (Å²) in [5.41, 5.74) is 2.28. The van der Waals surface area contributed by atoms with Crippen molar-refractivity contribution < 1.29 is 14.3 Å². The number of hydrogen-bond acceptors (Lipinski definition) is 5. The Balaban J connectivity index is 1.57. The lowest BCUT2D eigenvalue weighted by Gasteiger charge is -2.21. The van der Waals surface area contributed by atoms with Gasteiger partial charge >= 0.3 is 0 Å². The van der Waals surface area contributed by atoms with Crippen LogP contribution in [0.5, 0.6) is 5.75 Å². The van der Waals surface area contributed by atoms with Gasteiger partial charge in [-0.15, -0.1) is 11.3 Å². The molecule has 0 atom stereocenters. The number of amides is 2. The van der Waals surface area contributed by atoms with E-state index < -0.39 is 0 Å². The summed E-state index contributed by atoms with van der Waals surface area (Å²) in [4.78, 5) is 30.5. The molecule has 31 heavy (non-hydrogen) atoms. The van der Waals surface area contributed by atoms with Crippen molar-refractivity contribution in [2.24, 2.45) is 0 Å². The average molecular weight is 458 g/mol. The maximum Gasteiger partial charge on any atom is 0.230 e. The normalized spacial score (nSPS) is 10.5. The van der Waals surface area contributed by atoms with Gasteiger partial charge in [0, 0.05) is 36.1 Å². The summed E-state index contributed by atoms with van der Waals surface area (Å²) >= 11 is 7.32. The predicted molar refractivity (Wildman–Crippen MR) is 123 cm³/mol. The number of halogens is 1. The maximum absolute atomic E-state index is 12.6. The van der Waals surface area contributed by atoms with Crippen LogP contribution in [0.3, 0.4) is 0 Å². The molecule has 0 aliphatic carbocycles. The van der Waals surface area contributed by atoms with E-state index >= 15 is 0 Å². The fourth-order valence-corrected chi connectivity index (χ4v) is 3.79. The van der Waals surface area contributed by atoms with E-state index in [0.29, 0.717) is 41.8 Å². The van der Waals surface area contributed by atoms with E-state index in [-0.39, 0.29) is 18.2 Å². The van der Waals surface area contributed by atoms with Gasteiger partial charge in [0.15, 0.2) is 0 Å². The number of thiazole rings is 1. The number of carbonyl (C=O) groups is 2. The minimum atomic E-state index is -0.159. The quantitative estimate of drug-likeness (QED) is 0.494. The Bertz CT molecular complexity index is 1040. The third-order valence-corrected chi connectivity index (χ3v) is 5.72. The van der Waals surface area contributed by atoms with Gasteiger partial charge < -0.3 is 15.0 Å². The van der Waals surface area contributed by atoms with Crippen LogP contribution in [-0.4, -0.2) is 28.2 Å². The first-order valence-electron chi connectivity index (χ1n) is 9.89. The summed E-state index contributed by atoms with van der Waals surface area (Å²) in [5, 5.41) is 6.25. The smallest absolute Gasteiger partial charge is 0.230 e. The van der Waals surface area contributed by atoms with Gasteiger partial charge in [-0.05, 0) is 42.8 Å². The van der Waals surface area contributed by atoms with Crippen LogP contribution >= 0.6 is 22.9 Å². The van der Waals surface area contributed by atoms with Gasteiger partial charge in [-0.2, -0.15) is 0 Å². The first-order chi connectivity index (χ1) is 14.9. The van der Waals surface area contributed by atoms with Crippen molar-refractivity contribution in [3.05, 3.63) is 75.2 Å². The maximum atomic E-state index is 12.6. The molecule has 2 aromatic carbocycles. The summed E-state index contributed by atoms with van der Waals surface area (Å²) < 4.78 is 5.70. The summed E-state index contributed by atoms with van der Waals surface area (Å²) in [6.07, 6.45) is 0.163. The molecule has 8 heteroatoms. The third kappa shape index (κ3) is 6.80. The number of aromatic nitrogens is 1. The molecule has 162 valence electrons. The molecule has 0 aliphatic heterocycles. The van der Waals surface area contributed by atoms with Crippen LogP contribution in [0.2, 0.25) is 5.02 Å². The number of benzene rings is 2. The Hall–Kier alpha value is -2.90. The Morgan fingerprint density at radius 2 is 1.90 bits per heavy atom. The zero-order valence-corrected chi connectivity index (χ0v) is 19.0. The molecule has 0 radical (unpaired) electrons. The summed E-state index contributed by atoms with van der Waals surface area (Å²) in [7, 11) is 0. The van der Waals surface area contributed by atoms with E-state index in [1.807, 2.05) is 36.6 Å². The molecule has 0 saturated carbocycles. The number of ether oxygens (including phenoxy) is 1. The summed E-state index contributed by atoms with van der Waals surface area (Å²) in [6, 6.07) is 14.6. The fourth-order valence-electron chi connectivity index (χ4n) is 2.96. The Morgan fingerprint density at radius 3 is 2.61 bits per heavy atom. The van der Waals surface area contributed by atoms with Gasteiger partial charge in [-0.1, -0.05) is 29.8 Å². The number of anilines is 1. The van der Waals surface area contributed by atoms with E-state index in [1.165, 1.54) is 11.3 Å². The molecular formula is C23H24ClN3O3S. The monoisotopic (exact) mass is 457 g/mol. The Labute approximate surface area is 190 Å². The number of carbonyl (C=O) groups excluding carboxylic acids is 2. The van der Waals surface area contributed by atoms with Gasteiger partial charge in [0.25, 0.3) is 0 Å². The van der Waals surface area contributed by atoms with Gasteiger partial charge in [0.1, 0.15) is 17.4 Å². The lowest BCUT2D eigenvalue weighted by atomic mass is 10.1. The van der Waals surface area contributed by atoms with Crippen LogP contribution in [-0.2, 0) is 29.2 Å². The van der Waals surface area contributed by atoms with Gasteiger partial charge in [-0.25, -0.2) is 4.98 Å². The minimum Gasteiger partial charge on any atom is -0.486 e. The molecule has 1 aromatic heterocycles.